The van der Waals surface area contributed by atoms with Crippen LogP contribution in [-0.4, -0.2) is 5.84 Å². The number of hydrogen-bond acceptors (Lipinski definition) is 3. The second-order valence-electron chi connectivity index (χ2n) is 17.3. The third-order valence-corrected chi connectivity index (χ3v) is 12.8. The number of benzene rings is 10. The average molecular weight is 844 g/mol. The molecule has 0 fully saturated rings. The summed E-state index contributed by atoms with van der Waals surface area (Å²) < 4.78 is 6.35. The molecule has 11 rings (SSSR count). The van der Waals surface area contributed by atoms with Crippen molar-refractivity contribution in [3.05, 3.63) is 240 Å². The smallest absolute Gasteiger partial charge is 0.130 e. The van der Waals surface area contributed by atoms with Gasteiger partial charge in [0.2, 0.25) is 0 Å². The van der Waals surface area contributed by atoms with E-state index in [1.807, 2.05) is 66.7 Å². The predicted molar refractivity (Wildman–Crippen MR) is 275 cm³/mol. The monoisotopic (exact) mass is 843 g/mol. The van der Waals surface area contributed by atoms with Crippen molar-refractivity contribution < 1.29 is 4.74 Å². The first kappa shape index (κ1) is 42.5. The molecule has 0 heterocycles. The molecular weight excluding hydrogens is 791 g/mol. The molecular formula is C61H53N3O. The second kappa shape index (κ2) is 18.1. The van der Waals surface area contributed by atoms with E-state index in [1.165, 1.54) is 71.3 Å². The molecule has 0 radical (unpaired) electrons. The maximum Gasteiger partial charge on any atom is 0.130 e. The van der Waals surface area contributed by atoms with E-state index >= 15 is 0 Å². The van der Waals surface area contributed by atoms with Crippen molar-refractivity contribution >= 4 is 38.2 Å². The van der Waals surface area contributed by atoms with Gasteiger partial charge in [-0.3, -0.25) is 5.41 Å². The molecule has 318 valence electrons. The van der Waals surface area contributed by atoms with Crippen molar-refractivity contribution in [3.63, 3.8) is 0 Å². The van der Waals surface area contributed by atoms with Gasteiger partial charge in [-0.15, -0.1) is 0 Å². The summed E-state index contributed by atoms with van der Waals surface area (Å²) in [6.07, 6.45) is 0. The third kappa shape index (κ3) is 8.40. The number of fused-ring (bicyclic) bond motifs is 9. The lowest BCUT2D eigenvalue weighted by molar-refractivity contribution is 0.479. The Morgan fingerprint density at radius 2 is 1.02 bits per heavy atom. The van der Waals surface area contributed by atoms with Crippen LogP contribution >= 0.6 is 0 Å². The fourth-order valence-electron chi connectivity index (χ4n) is 9.33. The van der Waals surface area contributed by atoms with E-state index in [0.29, 0.717) is 12.1 Å². The molecule has 0 spiro atoms. The fraction of sp³-hybridized carbons (Fsp3) is 0.0984. The molecule has 4 heteroatoms. The minimum absolute atomic E-state index is 0.0688. The van der Waals surface area contributed by atoms with Crippen molar-refractivity contribution in [3.8, 4) is 44.9 Å². The molecule has 10 aromatic carbocycles. The van der Waals surface area contributed by atoms with Gasteiger partial charge in [0.25, 0.3) is 0 Å². The lowest BCUT2D eigenvalue weighted by atomic mass is 9.82. The molecule has 0 unspecified atom stereocenters. The van der Waals surface area contributed by atoms with Crippen LogP contribution in [0.1, 0.15) is 47.2 Å². The van der Waals surface area contributed by atoms with Gasteiger partial charge in [-0.2, -0.15) is 0 Å². The van der Waals surface area contributed by atoms with Crippen LogP contribution in [0.25, 0.3) is 65.7 Å². The summed E-state index contributed by atoms with van der Waals surface area (Å²) in [5, 5.41) is 15.3. The fourth-order valence-corrected chi connectivity index (χ4v) is 9.33. The number of hydrogen-bond donors (Lipinski definition) is 3. The zero-order valence-corrected chi connectivity index (χ0v) is 37.4. The van der Waals surface area contributed by atoms with E-state index in [0.717, 1.165) is 33.8 Å². The molecule has 0 aromatic heterocycles. The van der Waals surface area contributed by atoms with Crippen LogP contribution < -0.4 is 16.2 Å². The average Bonchev–Trinajstić information content (AvgIpc) is 3.59. The van der Waals surface area contributed by atoms with E-state index < -0.39 is 0 Å². The summed E-state index contributed by atoms with van der Waals surface area (Å²) in [5.74, 6) is 1.67. The van der Waals surface area contributed by atoms with Gasteiger partial charge in [0.1, 0.15) is 17.3 Å². The number of aryl methyl sites for hydroxylation is 1. The number of amidine groups is 1. The predicted octanol–water partition coefficient (Wildman–Crippen LogP) is 15.3. The van der Waals surface area contributed by atoms with E-state index in [-0.39, 0.29) is 11.3 Å². The Labute approximate surface area is 382 Å². The van der Waals surface area contributed by atoms with Gasteiger partial charge < -0.3 is 16.2 Å². The van der Waals surface area contributed by atoms with Gasteiger partial charge in [-0.05, 0) is 126 Å². The molecule has 4 nitrogen and oxygen atoms in total. The topological polar surface area (TPSA) is 85.1 Å². The molecule has 65 heavy (non-hydrogen) atoms. The molecule has 10 aromatic rings. The number of ether oxygens (including phenoxy) is 1. The van der Waals surface area contributed by atoms with E-state index in [2.05, 4.69) is 167 Å². The molecule has 0 amide bonds. The van der Waals surface area contributed by atoms with Gasteiger partial charge in [-0.25, -0.2) is 0 Å². The molecule has 0 saturated heterocycles. The minimum Gasteiger partial charge on any atom is -0.457 e. The van der Waals surface area contributed by atoms with E-state index in [1.54, 1.807) is 0 Å². The molecule has 0 saturated carbocycles. The van der Waals surface area contributed by atoms with Crippen LogP contribution in [0.3, 0.4) is 0 Å². The van der Waals surface area contributed by atoms with Gasteiger partial charge in [-0.1, -0.05) is 201 Å². The zero-order valence-electron chi connectivity index (χ0n) is 37.4. The van der Waals surface area contributed by atoms with E-state index in [4.69, 9.17) is 21.6 Å². The van der Waals surface area contributed by atoms with Gasteiger partial charge in [0.05, 0.1) is 0 Å². The first-order valence-corrected chi connectivity index (χ1v) is 22.2. The SMILES string of the molecule is CC1(C)c2ccccc2-c2c(CN)cccc21.Cc1c(Oc2ccc(-c3ccc4c5ccccc5c5ccccc5c4c3)cc2)cccc1-c1ccc(C(=N)N)cc1.Cc1ccccc1. The van der Waals surface area contributed by atoms with Gasteiger partial charge >= 0.3 is 0 Å². The third-order valence-electron chi connectivity index (χ3n) is 12.8. The molecule has 0 bridgehead atoms. The highest BCUT2D eigenvalue weighted by atomic mass is 16.5. The van der Waals surface area contributed by atoms with Crippen LogP contribution in [0.15, 0.2) is 206 Å². The Balaban J connectivity index is 0.000000181. The quantitative estimate of drug-likeness (QED) is 0.0885. The second-order valence-corrected chi connectivity index (χ2v) is 17.3. The van der Waals surface area contributed by atoms with Crippen LogP contribution in [0.5, 0.6) is 11.5 Å². The van der Waals surface area contributed by atoms with Crippen LogP contribution in [0.2, 0.25) is 0 Å². The molecule has 1 aliphatic rings. The van der Waals surface area contributed by atoms with Crippen molar-refractivity contribution in [2.75, 3.05) is 0 Å². The molecule has 1 aliphatic carbocycles. The normalized spacial score (nSPS) is 12.1. The summed E-state index contributed by atoms with van der Waals surface area (Å²) in [7, 11) is 0. The highest BCUT2D eigenvalue weighted by Gasteiger charge is 2.35. The number of nitrogens with two attached hydrogens (primary N) is 2. The molecule has 5 N–H and O–H groups in total. The van der Waals surface area contributed by atoms with Crippen molar-refractivity contribution in [1.29, 1.82) is 5.41 Å². The summed E-state index contributed by atoms with van der Waals surface area (Å²) in [6.45, 7) is 9.34. The standard InChI is InChI=1S/C38H28N2O.C16H17N.C7H8/c1-24-30(26-13-15-27(16-14-26)38(39)40)11-6-12-37(24)41-29-20-17-25(18-21-29)28-19-22-35-33-9-3-2-7-31(33)32-8-4-5-10-34(32)36(35)23-28;1-16(2)13-8-4-3-7-12(13)15-11(10-17)6-5-9-14(15)16;1-7-5-3-2-4-6-7/h2-23H,1H3,(H3,39,40);3-9H,10,17H2,1-2H3;2-6H,1H3. The first-order valence-electron chi connectivity index (χ1n) is 22.2. The van der Waals surface area contributed by atoms with E-state index in [9.17, 15) is 0 Å². The Bertz CT molecular complexity index is 3300. The largest absolute Gasteiger partial charge is 0.457 e. The van der Waals surface area contributed by atoms with Crippen LogP contribution in [0, 0.1) is 19.3 Å². The summed E-state index contributed by atoms with van der Waals surface area (Å²) in [6, 6.07) is 71.7. The molecule has 0 atom stereocenters. The Kier molecular flexibility index (Phi) is 11.9. The lowest BCUT2D eigenvalue weighted by Gasteiger charge is -2.21. The van der Waals surface area contributed by atoms with Crippen molar-refractivity contribution in [1.82, 2.24) is 0 Å². The number of nitrogen functional groups attached to an aromatic ring is 1. The maximum atomic E-state index is 7.64. The zero-order chi connectivity index (χ0) is 45.1. The highest BCUT2D eigenvalue weighted by molar-refractivity contribution is 6.25. The summed E-state index contributed by atoms with van der Waals surface area (Å²) >= 11 is 0. The summed E-state index contributed by atoms with van der Waals surface area (Å²) in [5.41, 5.74) is 25.9. The number of nitrogens with one attached hydrogen (secondary N) is 1. The Morgan fingerprint density at radius 1 is 0.492 bits per heavy atom. The maximum absolute atomic E-state index is 7.64. The van der Waals surface area contributed by atoms with Crippen LogP contribution in [0.4, 0.5) is 0 Å². The van der Waals surface area contributed by atoms with Gasteiger partial charge in [0.15, 0.2) is 0 Å². The Hall–Kier alpha value is -7.79. The summed E-state index contributed by atoms with van der Waals surface area (Å²) in [4.78, 5) is 0. The lowest BCUT2D eigenvalue weighted by Crippen LogP contribution is -2.15. The van der Waals surface area contributed by atoms with Crippen molar-refractivity contribution in [2.45, 2.75) is 39.7 Å². The molecule has 0 aliphatic heterocycles. The Morgan fingerprint density at radius 3 is 1.63 bits per heavy atom. The minimum atomic E-state index is 0.0688. The van der Waals surface area contributed by atoms with Gasteiger partial charge in [0, 0.05) is 17.5 Å². The van der Waals surface area contributed by atoms with Crippen LogP contribution in [-0.2, 0) is 12.0 Å². The number of rotatable bonds is 6. The highest BCUT2D eigenvalue weighted by Crippen LogP contribution is 2.49. The first-order chi connectivity index (χ1) is 31.6. The van der Waals surface area contributed by atoms with Crippen molar-refractivity contribution in [2.24, 2.45) is 11.5 Å².